The Morgan fingerprint density at radius 2 is 2.07 bits per heavy atom. The van der Waals surface area contributed by atoms with Gasteiger partial charge in [0.25, 0.3) is 0 Å². The summed E-state index contributed by atoms with van der Waals surface area (Å²) in [6.07, 6.45) is 4.62. The fourth-order valence-corrected chi connectivity index (χ4v) is 3.72. The van der Waals surface area contributed by atoms with Gasteiger partial charge in [-0.25, -0.2) is 4.98 Å². The van der Waals surface area contributed by atoms with Crippen molar-refractivity contribution < 1.29 is 4.74 Å². The van der Waals surface area contributed by atoms with Gasteiger partial charge in [-0.15, -0.1) is 0 Å². The highest BCUT2D eigenvalue weighted by molar-refractivity contribution is 5.81. The van der Waals surface area contributed by atoms with Gasteiger partial charge >= 0.3 is 0 Å². The highest BCUT2D eigenvalue weighted by Gasteiger charge is 2.22. The van der Waals surface area contributed by atoms with E-state index in [1.165, 1.54) is 11.1 Å². The zero-order valence-corrected chi connectivity index (χ0v) is 15.1. The van der Waals surface area contributed by atoms with E-state index in [9.17, 15) is 0 Å². The van der Waals surface area contributed by atoms with Gasteiger partial charge in [0.15, 0.2) is 0 Å². The maximum Gasteiger partial charge on any atom is 0.124 e. The summed E-state index contributed by atoms with van der Waals surface area (Å²) in [4.78, 5) is 8.32. The number of rotatable bonds is 4. The summed E-state index contributed by atoms with van der Waals surface area (Å²) < 4.78 is 5.66. The van der Waals surface area contributed by atoms with Gasteiger partial charge in [0.1, 0.15) is 11.6 Å². The van der Waals surface area contributed by atoms with Crippen molar-refractivity contribution in [3.8, 4) is 16.9 Å². The number of imidazole rings is 1. The first-order chi connectivity index (χ1) is 13.3. The molecule has 1 aliphatic rings. The fraction of sp³-hybridized carbons (Fsp3) is 0.238. The van der Waals surface area contributed by atoms with Crippen LogP contribution in [0.5, 0.6) is 5.75 Å². The van der Waals surface area contributed by atoms with Gasteiger partial charge < -0.3 is 15.0 Å². The third kappa shape index (κ3) is 2.98. The standard InChI is InChI=1S/C21H21N5O/c1-2-27-17-5-3-14-10-22-20(9-15(14)7-17)21-25-18-6-4-13(8-19(18)26-21)16-11-23-24-12-16/h3-8,11-12,20,22H,2,9-10H2,1H3,(H,23,24)(H,25,26). The number of hydrogen-bond donors (Lipinski definition) is 3. The molecule has 0 bridgehead atoms. The molecule has 0 spiro atoms. The molecule has 3 N–H and O–H groups in total. The van der Waals surface area contributed by atoms with Crippen LogP contribution in [0.15, 0.2) is 48.8 Å². The molecule has 2 aromatic heterocycles. The topological polar surface area (TPSA) is 78.6 Å². The van der Waals surface area contributed by atoms with Crippen molar-refractivity contribution in [2.45, 2.75) is 25.9 Å². The number of fused-ring (bicyclic) bond motifs is 2. The Kier molecular flexibility index (Phi) is 3.90. The maximum absolute atomic E-state index is 5.66. The number of nitrogens with one attached hydrogen (secondary N) is 3. The third-order valence-electron chi connectivity index (χ3n) is 5.11. The van der Waals surface area contributed by atoms with Gasteiger partial charge in [-0.2, -0.15) is 5.10 Å². The molecule has 6 heteroatoms. The largest absolute Gasteiger partial charge is 0.494 e. The molecule has 4 aromatic rings. The average molecular weight is 359 g/mol. The maximum atomic E-state index is 5.66. The lowest BCUT2D eigenvalue weighted by Gasteiger charge is -2.25. The summed E-state index contributed by atoms with van der Waals surface area (Å²) in [6.45, 7) is 3.53. The summed E-state index contributed by atoms with van der Waals surface area (Å²) >= 11 is 0. The lowest BCUT2D eigenvalue weighted by molar-refractivity contribution is 0.339. The number of aromatic amines is 2. The summed E-state index contributed by atoms with van der Waals surface area (Å²) in [5.41, 5.74) is 6.86. The molecule has 0 amide bonds. The first kappa shape index (κ1) is 16.1. The van der Waals surface area contributed by atoms with Gasteiger partial charge in [-0.05, 0) is 54.3 Å². The molecule has 0 radical (unpaired) electrons. The van der Waals surface area contributed by atoms with Crippen LogP contribution in [-0.2, 0) is 13.0 Å². The van der Waals surface area contributed by atoms with E-state index in [0.29, 0.717) is 6.61 Å². The van der Waals surface area contributed by atoms with Crippen molar-refractivity contribution >= 4 is 11.0 Å². The highest BCUT2D eigenvalue weighted by atomic mass is 16.5. The van der Waals surface area contributed by atoms with Crippen LogP contribution in [-0.4, -0.2) is 26.8 Å². The zero-order chi connectivity index (χ0) is 18.2. The molecule has 1 aliphatic heterocycles. The fourth-order valence-electron chi connectivity index (χ4n) is 3.72. The third-order valence-corrected chi connectivity index (χ3v) is 5.11. The van der Waals surface area contributed by atoms with Crippen molar-refractivity contribution in [2.24, 2.45) is 0 Å². The van der Waals surface area contributed by atoms with Crippen LogP contribution in [0, 0.1) is 0 Å². The Morgan fingerprint density at radius 3 is 2.93 bits per heavy atom. The van der Waals surface area contributed by atoms with E-state index in [0.717, 1.165) is 46.7 Å². The van der Waals surface area contributed by atoms with Gasteiger partial charge in [0.2, 0.25) is 0 Å². The second-order valence-corrected chi connectivity index (χ2v) is 6.84. The molecule has 1 atom stereocenters. The zero-order valence-electron chi connectivity index (χ0n) is 15.1. The van der Waals surface area contributed by atoms with E-state index < -0.39 is 0 Å². The summed E-state index contributed by atoms with van der Waals surface area (Å²) in [5, 5.41) is 10.5. The molecule has 136 valence electrons. The Morgan fingerprint density at radius 1 is 1.11 bits per heavy atom. The van der Waals surface area contributed by atoms with E-state index in [2.05, 4.69) is 50.8 Å². The van der Waals surface area contributed by atoms with Crippen LogP contribution < -0.4 is 10.1 Å². The molecule has 0 saturated heterocycles. The van der Waals surface area contributed by atoms with Crippen molar-refractivity contribution in [3.05, 3.63) is 65.7 Å². The molecule has 3 heterocycles. The van der Waals surface area contributed by atoms with Crippen molar-refractivity contribution in [3.63, 3.8) is 0 Å². The van der Waals surface area contributed by atoms with Crippen molar-refractivity contribution in [1.82, 2.24) is 25.5 Å². The van der Waals surface area contributed by atoms with E-state index >= 15 is 0 Å². The van der Waals surface area contributed by atoms with Crippen LogP contribution in [0.1, 0.15) is 29.9 Å². The molecule has 27 heavy (non-hydrogen) atoms. The van der Waals surface area contributed by atoms with Crippen molar-refractivity contribution in [2.75, 3.05) is 6.61 Å². The summed E-state index contributed by atoms with van der Waals surface area (Å²) in [6, 6.07) is 12.8. The van der Waals surface area contributed by atoms with Crippen LogP contribution in [0.2, 0.25) is 0 Å². The van der Waals surface area contributed by atoms with Crippen LogP contribution in [0.25, 0.3) is 22.2 Å². The SMILES string of the molecule is CCOc1ccc2c(c1)CC(c1nc3ccc(-c4cn[nH]c4)cc3[nH]1)NC2. The quantitative estimate of drug-likeness (QED) is 0.519. The van der Waals surface area contributed by atoms with Crippen LogP contribution >= 0.6 is 0 Å². The second kappa shape index (κ2) is 6.55. The Labute approximate surface area is 157 Å². The summed E-state index contributed by atoms with van der Waals surface area (Å²) in [7, 11) is 0. The minimum Gasteiger partial charge on any atom is -0.494 e. The average Bonchev–Trinajstić information content (AvgIpc) is 3.37. The molecule has 0 fully saturated rings. The molecule has 2 aromatic carbocycles. The normalized spacial score (nSPS) is 16.4. The van der Waals surface area contributed by atoms with Crippen molar-refractivity contribution in [1.29, 1.82) is 0 Å². The lowest BCUT2D eigenvalue weighted by Crippen LogP contribution is -2.29. The highest BCUT2D eigenvalue weighted by Crippen LogP contribution is 2.29. The van der Waals surface area contributed by atoms with Gasteiger partial charge in [0.05, 0.1) is 29.9 Å². The molecule has 0 aliphatic carbocycles. The van der Waals surface area contributed by atoms with E-state index in [1.54, 1.807) is 0 Å². The Balaban J connectivity index is 1.44. The van der Waals surface area contributed by atoms with Crippen LogP contribution in [0.3, 0.4) is 0 Å². The number of nitrogens with zero attached hydrogens (tertiary/aromatic N) is 2. The predicted octanol–water partition coefficient (Wildman–Crippen LogP) is 3.74. The number of hydrogen-bond acceptors (Lipinski definition) is 4. The second-order valence-electron chi connectivity index (χ2n) is 6.84. The first-order valence-corrected chi connectivity index (χ1v) is 9.27. The van der Waals surface area contributed by atoms with E-state index in [1.807, 2.05) is 25.4 Å². The number of benzene rings is 2. The molecule has 5 rings (SSSR count). The minimum absolute atomic E-state index is 0.166. The number of H-pyrrole nitrogens is 2. The Hall–Kier alpha value is -3.12. The van der Waals surface area contributed by atoms with E-state index in [-0.39, 0.29) is 6.04 Å². The first-order valence-electron chi connectivity index (χ1n) is 9.27. The molecule has 0 saturated carbocycles. The summed E-state index contributed by atoms with van der Waals surface area (Å²) in [5.74, 6) is 1.91. The number of ether oxygens (including phenoxy) is 1. The van der Waals surface area contributed by atoms with Gasteiger partial charge in [-0.3, -0.25) is 5.10 Å². The van der Waals surface area contributed by atoms with Gasteiger partial charge in [0, 0.05) is 18.3 Å². The van der Waals surface area contributed by atoms with E-state index in [4.69, 9.17) is 9.72 Å². The molecule has 1 unspecified atom stereocenters. The minimum atomic E-state index is 0.166. The Bertz CT molecular complexity index is 1080. The van der Waals surface area contributed by atoms with Crippen LogP contribution in [0.4, 0.5) is 0 Å². The monoisotopic (exact) mass is 359 g/mol. The molecule has 6 nitrogen and oxygen atoms in total. The smallest absolute Gasteiger partial charge is 0.124 e. The number of aromatic nitrogens is 4. The predicted molar refractivity (Wildman–Crippen MR) is 105 cm³/mol. The molecular formula is C21H21N5O. The molecular weight excluding hydrogens is 338 g/mol. The lowest BCUT2D eigenvalue weighted by atomic mass is 9.95. The van der Waals surface area contributed by atoms with Gasteiger partial charge in [-0.1, -0.05) is 12.1 Å².